The predicted octanol–water partition coefficient (Wildman–Crippen LogP) is 3.81. The third-order valence-electron chi connectivity index (χ3n) is 4.79. The second-order valence-corrected chi connectivity index (χ2v) is 7.85. The standard InChI is InChI=1S/C22H23N3O3S/c26-15-17-4-1-2-5-20(17)25-11-10-23-22(25)29-13-3-12-28-18-7-8-19-16(14-18)6-9-21(27)24-19/h1-2,4-5,7-8,10-11,14,26H,3,6,9,12-13,15H2,(H,24,27). The predicted molar refractivity (Wildman–Crippen MR) is 114 cm³/mol. The first-order chi connectivity index (χ1) is 14.2. The molecule has 0 unspecified atom stereocenters. The SMILES string of the molecule is O=C1CCc2cc(OCCCSc3nccn3-c3ccccc3CO)ccc2N1. The molecule has 1 aliphatic rings. The summed E-state index contributed by atoms with van der Waals surface area (Å²) in [5.74, 6) is 1.78. The lowest BCUT2D eigenvalue weighted by molar-refractivity contribution is -0.116. The molecule has 3 aromatic rings. The number of hydrogen-bond donors (Lipinski definition) is 2. The van der Waals surface area contributed by atoms with Crippen LogP contribution in [-0.2, 0) is 17.8 Å². The highest BCUT2D eigenvalue weighted by molar-refractivity contribution is 7.99. The summed E-state index contributed by atoms with van der Waals surface area (Å²) in [6.45, 7) is 0.614. The van der Waals surface area contributed by atoms with Crippen molar-refractivity contribution in [1.82, 2.24) is 9.55 Å². The number of aliphatic hydroxyl groups is 1. The highest BCUT2D eigenvalue weighted by Gasteiger charge is 2.15. The van der Waals surface area contributed by atoms with Crippen LogP contribution in [0.25, 0.3) is 5.69 Å². The molecule has 150 valence electrons. The van der Waals surface area contributed by atoms with Gasteiger partial charge in [-0.2, -0.15) is 0 Å². The summed E-state index contributed by atoms with van der Waals surface area (Å²) >= 11 is 1.67. The molecule has 0 spiro atoms. The first kappa shape index (κ1) is 19.5. The van der Waals surface area contributed by atoms with Crippen molar-refractivity contribution in [1.29, 1.82) is 0 Å². The van der Waals surface area contributed by atoms with Gasteiger partial charge >= 0.3 is 0 Å². The fourth-order valence-corrected chi connectivity index (χ4v) is 4.20. The van der Waals surface area contributed by atoms with Gasteiger partial charge in [0.15, 0.2) is 5.16 Å². The van der Waals surface area contributed by atoms with Crippen LogP contribution in [0.2, 0.25) is 0 Å². The summed E-state index contributed by atoms with van der Waals surface area (Å²) in [5.41, 5.74) is 3.84. The first-order valence-corrected chi connectivity index (χ1v) is 10.6. The number of benzene rings is 2. The molecular weight excluding hydrogens is 386 g/mol. The molecule has 2 aromatic carbocycles. The van der Waals surface area contributed by atoms with Crippen LogP contribution in [-0.4, -0.2) is 32.9 Å². The molecule has 0 radical (unpaired) electrons. The van der Waals surface area contributed by atoms with Crippen molar-refractivity contribution in [3.63, 3.8) is 0 Å². The molecule has 2 heterocycles. The van der Waals surface area contributed by atoms with Crippen LogP contribution in [0.1, 0.15) is 24.0 Å². The number of nitrogens with zero attached hydrogens (tertiary/aromatic N) is 2. The summed E-state index contributed by atoms with van der Waals surface area (Å²) in [4.78, 5) is 15.9. The van der Waals surface area contributed by atoms with Crippen LogP contribution in [0.5, 0.6) is 5.75 Å². The van der Waals surface area contributed by atoms with E-state index in [4.69, 9.17) is 4.74 Å². The number of anilines is 1. The van der Waals surface area contributed by atoms with E-state index < -0.39 is 0 Å². The van der Waals surface area contributed by atoms with E-state index in [0.29, 0.717) is 13.0 Å². The molecule has 0 bridgehead atoms. The van der Waals surface area contributed by atoms with Crippen molar-refractivity contribution in [2.75, 3.05) is 17.7 Å². The van der Waals surface area contributed by atoms with Crippen LogP contribution >= 0.6 is 11.8 Å². The lowest BCUT2D eigenvalue weighted by Crippen LogP contribution is -2.18. The van der Waals surface area contributed by atoms with E-state index in [9.17, 15) is 9.90 Å². The Kier molecular flexibility index (Phi) is 6.17. The van der Waals surface area contributed by atoms with Crippen molar-refractivity contribution < 1.29 is 14.6 Å². The Morgan fingerprint density at radius 1 is 1.21 bits per heavy atom. The normalized spacial score (nSPS) is 13.1. The summed E-state index contributed by atoms with van der Waals surface area (Å²) in [7, 11) is 0. The number of aliphatic hydroxyl groups excluding tert-OH is 1. The fourth-order valence-electron chi connectivity index (χ4n) is 3.32. The van der Waals surface area contributed by atoms with Crippen LogP contribution in [0.4, 0.5) is 5.69 Å². The zero-order chi connectivity index (χ0) is 20.1. The minimum atomic E-state index is -0.00322. The number of imidazole rings is 1. The van der Waals surface area contributed by atoms with Crippen molar-refractivity contribution >= 4 is 23.4 Å². The zero-order valence-corrected chi connectivity index (χ0v) is 16.8. The van der Waals surface area contributed by atoms with Gasteiger partial charge in [-0.25, -0.2) is 4.98 Å². The van der Waals surface area contributed by atoms with Crippen molar-refractivity contribution in [3.05, 3.63) is 66.0 Å². The Balaban J connectivity index is 1.29. The van der Waals surface area contributed by atoms with Gasteiger partial charge < -0.3 is 15.2 Å². The van der Waals surface area contributed by atoms with Gasteiger partial charge in [-0.3, -0.25) is 9.36 Å². The van der Waals surface area contributed by atoms with E-state index in [-0.39, 0.29) is 12.5 Å². The van der Waals surface area contributed by atoms with Crippen LogP contribution in [0.15, 0.2) is 60.0 Å². The van der Waals surface area contributed by atoms with Gasteiger partial charge in [0.2, 0.25) is 5.91 Å². The molecule has 4 rings (SSSR count). The maximum Gasteiger partial charge on any atom is 0.224 e. The summed E-state index contributed by atoms with van der Waals surface area (Å²) in [6.07, 6.45) is 5.86. The lowest BCUT2D eigenvalue weighted by Gasteiger charge is -2.17. The van der Waals surface area contributed by atoms with Crippen LogP contribution in [0, 0.1) is 0 Å². The molecule has 2 N–H and O–H groups in total. The van der Waals surface area contributed by atoms with E-state index in [2.05, 4.69) is 10.3 Å². The second kappa shape index (κ2) is 9.15. The average Bonchev–Trinajstić information content (AvgIpc) is 3.21. The highest BCUT2D eigenvalue weighted by atomic mass is 32.2. The molecule has 0 aliphatic carbocycles. The number of aryl methyl sites for hydroxylation is 1. The summed E-state index contributed by atoms with van der Waals surface area (Å²) in [5, 5.41) is 13.4. The molecule has 1 aromatic heterocycles. The Hall–Kier alpha value is -2.77. The maximum atomic E-state index is 11.4. The molecule has 1 aliphatic heterocycles. The number of thioether (sulfide) groups is 1. The molecule has 0 saturated heterocycles. The number of aromatic nitrogens is 2. The molecule has 1 amide bonds. The van der Waals surface area contributed by atoms with E-state index in [1.54, 1.807) is 18.0 Å². The van der Waals surface area contributed by atoms with E-state index in [1.165, 1.54) is 0 Å². The topological polar surface area (TPSA) is 76.4 Å². The number of rotatable bonds is 8. The third kappa shape index (κ3) is 4.63. The Morgan fingerprint density at radius 3 is 3.00 bits per heavy atom. The van der Waals surface area contributed by atoms with Crippen LogP contribution < -0.4 is 10.1 Å². The second-order valence-electron chi connectivity index (χ2n) is 6.78. The smallest absolute Gasteiger partial charge is 0.224 e. The monoisotopic (exact) mass is 409 g/mol. The highest BCUT2D eigenvalue weighted by Crippen LogP contribution is 2.27. The number of carbonyl (C=O) groups is 1. The number of carbonyl (C=O) groups excluding carboxylic acids is 1. The number of ether oxygens (including phenoxy) is 1. The van der Waals surface area contributed by atoms with Crippen molar-refractivity contribution in [3.8, 4) is 11.4 Å². The average molecular weight is 410 g/mol. The Bertz CT molecular complexity index is 1000. The molecule has 0 saturated carbocycles. The quantitative estimate of drug-likeness (QED) is 0.437. The summed E-state index contributed by atoms with van der Waals surface area (Å²) < 4.78 is 7.89. The molecule has 7 heteroatoms. The number of amides is 1. The Morgan fingerprint density at radius 2 is 2.10 bits per heavy atom. The molecular formula is C22H23N3O3S. The van der Waals surface area contributed by atoms with Gasteiger partial charge in [0.1, 0.15) is 5.75 Å². The lowest BCUT2D eigenvalue weighted by atomic mass is 10.0. The van der Waals surface area contributed by atoms with Gasteiger partial charge in [-0.05, 0) is 42.7 Å². The number of nitrogens with one attached hydrogen (secondary N) is 1. The van der Waals surface area contributed by atoms with Gasteiger partial charge in [0.25, 0.3) is 0 Å². The van der Waals surface area contributed by atoms with Gasteiger partial charge in [0.05, 0.1) is 18.9 Å². The number of para-hydroxylation sites is 1. The molecule has 6 nitrogen and oxygen atoms in total. The van der Waals surface area contributed by atoms with E-state index in [0.717, 1.165) is 52.0 Å². The summed E-state index contributed by atoms with van der Waals surface area (Å²) in [6, 6.07) is 13.6. The fraction of sp³-hybridized carbons (Fsp3) is 0.273. The minimum Gasteiger partial charge on any atom is -0.494 e. The largest absolute Gasteiger partial charge is 0.494 e. The minimum absolute atomic E-state index is 0.00322. The van der Waals surface area contributed by atoms with Crippen molar-refractivity contribution in [2.24, 2.45) is 0 Å². The first-order valence-electron chi connectivity index (χ1n) is 9.65. The number of fused-ring (bicyclic) bond motifs is 1. The van der Waals surface area contributed by atoms with Crippen molar-refractivity contribution in [2.45, 2.75) is 31.0 Å². The van der Waals surface area contributed by atoms with Gasteiger partial charge in [-0.15, -0.1) is 0 Å². The van der Waals surface area contributed by atoms with Gasteiger partial charge in [-0.1, -0.05) is 30.0 Å². The van der Waals surface area contributed by atoms with Crippen LogP contribution in [0.3, 0.4) is 0 Å². The third-order valence-corrected chi connectivity index (χ3v) is 5.84. The molecule has 0 atom stereocenters. The number of hydrogen-bond acceptors (Lipinski definition) is 5. The maximum absolute atomic E-state index is 11.4. The van der Waals surface area contributed by atoms with E-state index in [1.807, 2.05) is 53.2 Å². The van der Waals surface area contributed by atoms with Gasteiger partial charge in [0, 0.05) is 35.8 Å². The zero-order valence-electron chi connectivity index (χ0n) is 16.0. The molecule has 29 heavy (non-hydrogen) atoms. The Labute approximate surface area is 173 Å². The molecule has 0 fully saturated rings. The van der Waals surface area contributed by atoms with E-state index >= 15 is 0 Å².